The molecule has 0 spiro atoms. The number of carbonyl (C=O) groups is 1. The van der Waals surface area contributed by atoms with Crippen molar-refractivity contribution in [1.29, 1.82) is 0 Å². The van der Waals surface area contributed by atoms with Crippen LogP contribution in [0.2, 0.25) is 0 Å². The number of amides is 1. The predicted molar refractivity (Wildman–Crippen MR) is 111 cm³/mol. The van der Waals surface area contributed by atoms with Crippen molar-refractivity contribution in [3.05, 3.63) is 99.5 Å². The van der Waals surface area contributed by atoms with Crippen molar-refractivity contribution in [3.63, 3.8) is 0 Å². The maximum Gasteiger partial charge on any atom is 0.271 e. The maximum atomic E-state index is 12.1. The van der Waals surface area contributed by atoms with E-state index in [1.165, 1.54) is 5.56 Å². The molecule has 0 bridgehead atoms. The Bertz CT molecular complexity index is 918. The second kappa shape index (κ2) is 9.14. The molecule has 4 nitrogen and oxygen atoms in total. The number of nitrogens with zero attached hydrogens (tertiary/aromatic N) is 1. The van der Waals surface area contributed by atoms with Gasteiger partial charge in [-0.15, -0.1) is 0 Å². The summed E-state index contributed by atoms with van der Waals surface area (Å²) < 4.78 is 6.74. The van der Waals surface area contributed by atoms with Crippen LogP contribution in [-0.4, -0.2) is 12.1 Å². The third kappa shape index (κ3) is 5.79. The Morgan fingerprint density at radius 3 is 2.33 bits per heavy atom. The zero-order valence-corrected chi connectivity index (χ0v) is 16.4. The van der Waals surface area contributed by atoms with E-state index in [9.17, 15) is 4.79 Å². The molecule has 1 N–H and O–H groups in total. The summed E-state index contributed by atoms with van der Waals surface area (Å²) in [4.78, 5) is 12.1. The van der Waals surface area contributed by atoms with E-state index in [0.717, 1.165) is 21.3 Å². The molecule has 5 heteroatoms. The lowest BCUT2D eigenvalue weighted by Gasteiger charge is -2.07. The van der Waals surface area contributed by atoms with Gasteiger partial charge in [-0.25, -0.2) is 5.43 Å². The smallest absolute Gasteiger partial charge is 0.271 e. The summed E-state index contributed by atoms with van der Waals surface area (Å²) in [6.45, 7) is 2.49. The number of rotatable bonds is 6. The molecule has 136 valence electrons. The van der Waals surface area contributed by atoms with Crippen LogP contribution in [0.4, 0.5) is 0 Å². The van der Waals surface area contributed by atoms with E-state index in [1.54, 1.807) is 18.3 Å². The van der Waals surface area contributed by atoms with Crippen molar-refractivity contribution in [2.45, 2.75) is 13.5 Å². The van der Waals surface area contributed by atoms with Crippen molar-refractivity contribution in [2.75, 3.05) is 0 Å². The van der Waals surface area contributed by atoms with E-state index in [1.807, 2.05) is 67.6 Å². The van der Waals surface area contributed by atoms with Gasteiger partial charge in [-0.1, -0.05) is 57.9 Å². The maximum absolute atomic E-state index is 12.1. The minimum Gasteiger partial charge on any atom is -0.489 e. The molecule has 0 fully saturated rings. The van der Waals surface area contributed by atoms with Gasteiger partial charge in [-0.05, 0) is 54.4 Å². The fourth-order valence-corrected chi connectivity index (χ4v) is 2.60. The Hall–Kier alpha value is -2.92. The molecule has 0 atom stereocenters. The molecular weight excluding hydrogens is 404 g/mol. The zero-order chi connectivity index (χ0) is 19.1. The number of hydrogen-bond acceptors (Lipinski definition) is 3. The molecule has 0 unspecified atom stereocenters. The second-order valence-electron chi connectivity index (χ2n) is 6.05. The predicted octanol–water partition coefficient (Wildman–Crippen LogP) is 5.10. The van der Waals surface area contributed by atoms with Crippen LogP contribution in [0, 0.1) is 6.92 Å². The van der Waals surface area contributed by atoms with Crippen molar-refractivity contribution in [2.24, 2.45) is 5.10 Å². The average molecular weight is 423 g/mol. The lowest BCUT2D eigenvalue weighted by molar-refractivity contribution is 0.0955. The molecule has 0 aliphatic heterocycles. The summed E-state index contributed by atoms with van der Waals surface area (Å²) in [5, 5.41) is 3.99. The van der Waals surface area contributed by atoms with E-state index in [4.69, 9.17) is 4.74 Å². The minimum atomic E-state index is -0.255. The van der Waals surface area contributed by atoms with Crippen LogP contribution in [0.3, 0.4) is 0 Å². The summed E-state index contributed by atoms with van der Waals surface area (Å²) in [5.74, 6) is 0.569. The first-order valence-corrected chi connectivity index (χ1v) is 9.27. The molecule has 0 aromatic heterocycles. The van der Waals surface area contributed by atoms with Gasteiger partial charge in [0.1, 0.15) is 12.4 Å². The quantitative estimate of drug-likeness (QED) is 0.443. The van der Waals surface area contributed by atoms with Crippen LogP contribution in [0.1, 0.15) is 27.0 Å². The van der Waals surface area contributed by atoms with Crippen LogP contribution in [0.25, 0.3) is 0 Å². The van der Waals surface area contributed by atoms with E-state index >= 15 is 0 Å². The largest absolute Gasteiger partial charge is 0.489 e. The average Bonchev–Trinajstić information content (AvgIpc) is 2.69. The Morgan fingerprint density at radius 1 is 1.00 bits per heavy atom. The molecule has 3 aromatic rings. The monoisotopic (exact) mass is 422 g/mol. The summed E-state index contributed by atoms with van der Waals surface area (Å²) in [6.07, 6.45) is 1.61. The number of carbonyl (C=O) groups excluding carboxylic acids is 1. The Balaban J connectivity index is 1.52. The molecule has 0 radical (unpaired) electrons. The van der Waals surface area contributed by atoms with Gasteiger partial charge in [0.05, 0.1) is 6.21 Å². The van der Waals surface area contributed by atoms with Crippen molar-refractivity contribution >= 4 is 28.1 Å². The van der Waals surface area contributed by atoms with Crippen LogP contribution in [0.15, 0.2) is 82.4 Å². The Labute approximate surface area is 167 Å². The fourth-order valence-electron chi connectivity index (χ4n) is 2.33. The molecule has 0 aliphatic rings. The topological polar surface area (TPSA) is 50.7 Å². The highest BCUT2D eigenvalue weighted by atomic mass is 79.9. The van der Waals surface area contributed by atoms with Crippen molar-refractivity contribution < 1.29 is 9.53 Å². The summed E-state index contributed by atoms with van der Waals surface area (Å²) in [6, 6.07) is 22.8. The molecule has 3 aromatic carbocycles. The normalized spacial score (nSPS) is 10.7. The standard InChI is InChI=1S/C22H19BrN2O2/c1-16-2-12-21(13-3-16)27-15-18-4-8-19(9-5-18)22(26)25-24-14-17-6-10-20(23)11-7-17/h2-14H,15H2,1H3,(H,25,26)/b24-14+. The molecule has 0 heterocycles. The minimum absolute atomic E-state index is 0.255. The van der Waals surface area contributed by atoms with Crippen LogP contribution in [-0.2, 0) is 6.61 Å². The number of hydrogen-bond donors (Lipinski definition) is 1. The zero-order valence-electron chi connectivity index (χ0n) is 14.9. The highest BCUT2D eigenvalue weighted by Gasteiger charge is 2.04. The highest BCUT2D eigenvalue weighted by Crippen LogP contribution is 2.14. The number of nitrogens with one attached hydrogen (secondary N) is 1. The van der Waals surface area contributed by atoms with Crippen LogP contribution in [0.5, 0.6) is 5.75 Å². The summed E-state index contributed by atoms with van der Waals surface area (Å²) in [7, 11) is 0. The number of ether oxygens (including phenoxy) is 1. The number of benzene rings is 3. The van der Waals surface area contributed by atoms with Crippen LogP contribution >= 0.6 is 15.9 Å². The Kier molecular flexibility index (Phi) is 6.39. The van der Waals surface area contributed by atoms with E-state index < -0.39 is 0 Å². The van der Waals surface area contributed by atoms with Gasteiger partial charge in [0, 0.05) is 10.0 Å². The van der Waals surface area contributed by atoms with Gasteiger partial charge >= 0.3 is 0 Å². The molecule has 1 amide bonds. The van der Waals surface area contributed by atoms with E-state index in [-0.39, 0.29) is 5.91 Å². The third-order valence-electron chi connectivity index (χ3n) is 3.89. The lowest BCUT2D eigenvalue weighted by Crippen LogP contribution is -2.17. The number of aryl methyl sites for hydroxylation is 1. The van der Waals surface area contributed by atoms with E-state index in [0.29, 0.717) is 12.2 Å². The van der Waals surface area contributed by atoms with E-state index in [2.05, 4.69) is 26.5 Å². The fraction of sp³-hybridized carbons (Fsp3) is 0.0909. The first-order chi connectivity index (χ1) is 13.1. The van der Waals surface area contributed by atoms with Crippen molar-refractivity contribution in [1.82, 2.24) is 5.43 Å². The third-order valence-corrected chi connectivity index (χ3v) is 4.42. The summed E-state index contributed by atoms with van der Waals surface area (Å²) in [5.41, 5.74) is 6.17. The molecule has 0 saturated heterocycles. The number of halogens is 1. The molecule has 27 heavy (non-hydrogen) atoms. The lowest BCUT2D eigenvalue weighted by atomic mass is 10.1. The van der Waals surface area contributed by atoms with Gasteiger partial charge in [0.2, 0.25) is 0 Å². The molecule has 0 aliphatic carbocycles. The van der Waals surface area contributed by atoms with Gasteiger partial charge in [-0.3, -0.25) is 4.79 Å². The summed E-state index contributed by atoms with van der Waals surface area (Å²) >= 11 is 3.38. The first-order valence-electron chi connectivity index (χ1n) is 8.47. The second-order valence-corrected chi connectivity index (χ2v) is 6.97. The highest BCUT2D eigenvalue weighted by molar-refractivity contribution is 9.10. The Morgan fingerprint density at radius 2 is 1.67 bits per heavy atom. The van der Waals surface area contributed by atoms with Gasteiger partial charge < -0.3 is 4.74 Å². The van der Waals surface area contributed by atoms with Gasteiger partial charge in [-0.2, -0.15) is 5.10 Å². The van der Waals surface area contributed by atoms with Crippen LogP contribution < -0.4 is 10.2 Å². The number of hydrazone groups is 1. The first kappa shape index (κ1) is 18.9. The van der Waals surface area contributed by atoms with Gasteiger partial charge in [0.25, 0.3) is 5.91 Å². The van der Waals surface area contributed by atoms with Gasteiger partial charge in [0.15, 0.2) is 0 Å². The molecule has 0 saturated carbocycles. The molecule has 3 rings (SSSR count). The van der Waals surface area contributed by atoms with Crippen molar-refractivity contribution in [3.8, 4) is 5.75 Å². The SMILES string of the molecule is Cc1ccc(OCc2ccc(C(=O)N/N=C/c3ccc(Br)cc3)cc2)cc1. The molecular formula is C22H19BrN2O2.